The highest BCUT2D eigenvalue weighted by Crippen LogP contribution is 2.18. The molecule has 1 N–H and O–H groups in total. The number of rotatable bonds is 7. The van der Waals surface area contributed by atoms with Crippen molar-refractivity contribution in [1.82, 2.24) is 10.2 Å². The molecule has 3 nitrogen and oxygen atoms in total. The second-order valence-corrected chi connectivity index (χ2v) is 5.39. The van der Waals surface area contributed by atoms with Gasteiger partial charge in [0.2, 0.25) is 0 Å². The van der Waals surface area contributed by atoms with E-state index in [2.05, 4.69) is 36.0 Å². The van der Waals surface area contributed by atoms with Gasteiger partial charge >= 0.3 is 0 Å². The summed E-state index contributed by atoms with van der Waals surface area (Å²) in [5.74, 6) is 0. The number of nitrogens with one attached hydrogen (secondary N) is 1. The van der Waals surface area contributed by atoms with Gasteiger partial charge in [0, 0.05) is 25.7 Å². The number of nitrogens with zero attached hydrogens (tertiary/aromatic N) is 2. The van der Waals surface area contributed by atoms with Gasteiger partial charge in [-0.15, -0.1) is 0 Å². The first-order chi connectivity index (χ1) is 9.17. The van der Waals surface area contributed by atoms with E-state index in [1.807, 2.05) is 18.2 Å². The van der Waals surface area contributed by atoms with Crippen LogP contribution in [0.25, 0.3) is 0 Å². The molecule has 0 atom stereocenters. The molecule has 0 heterocycles. The molecule has 0 aromatic heterocycles. The van der Waals surface area contributed by atoms with E-state index in [0.29, 0.717) is 0 Å². The monoisotopic (exact) mass is 255 g/mol. The summed E-state index contributed by atoms with van der Waals surface area (Å²) in [7, 11) is 2.08. The Morgan fingerprint density at radius 1 is 1.53 bits per heavy atom. The first-order valence-corrected chi connectivity index (χ1v) is 6.75. The highest BCUT2D eigenvalue weighted by molar-refractivity contribution is 5.32. The van der Waals surface area contributed by atoms with Gasteiger partial charge in [0.25, 0.3) is 0 Å². The Bertz CT molecular complexity index is 483. The Morgan fingerprint density at radius 3 is 3.00 bits per heavy atom. The minimum absolute atomic E-state index is 0.722. The third kappa shape index (κ3) is 4.86. The summed E-state index contributed by atoms with van der Waals surface area (Å²) in [5, 5.41) is 12.4. The van der Waals surface area contributed by atoms with Gasteiger partial charge in [0.05, 0.1) is 11.6 Å². The summed E-state index contributed by atoms with van der Waals surface area (Å²) in [5.41, 5.74) is 3.11. The van der Waals surface area contributed by atoms with Crippen LogP contribution in [0.4, 0.5) is 0 Å². The van der Waals surface area contributed by atoms with Gasteiger partial charge in [0.15, 0.2) is 0 Å². The number of likely N-dealkylation sites (N-methyl/N-ethyl adjacent to an activating group) is 1. The van der Waals surface area contributed by atoms with Crippen molar-refractivity contribution in [3.63, 3.8) is 0 Å². The van der Waals surface area contributed by atoms with Crippen molar-refractivity contribution in [2.45, 2.75) is 25.4 Å². The number of benzene rings is 1. The van der Waals surface area contributed by atoms with E-state index < -0.39 is 0 Å². The van der Waals surface area contributed by atoms with Gasteiger partial charge in [-0.2, -0.15) is 5.26 Å². The first kappa shape index (κ1) is 13.8. The van der Waals surface area contributed by atoms with Crippen LogP contribution < -0.4 is 5.32 Å². The zero-order chi connectivity index (χ0) is 13.7. The molecular formula is C16H21N3. The van der Waals surface area contributed by atoms with Crippen LogP contribution in [0.5, 0.6) is 0 Å². The fourth-order valence-electron chi connectivity index (χ4n) is 2.12. The Balaban J connectivity index is 1.77. The van der Waals surface area contributed by atoms with Crippen molar-refractivity contribution in [2.75, 3.05) is 20.1 Å². The van der Waals surface area contributed by atoms with Crippen LogP contribution >= 0.6 is 0 Å². The number of hydrogen-bond acceptors (Lipinski definition) is 3. The molecule has 1 aromatic carbocycles. The predicted octanol–water partition coefficient (Wildman–Crippen LogP) is 2.30. The maximum atomic E-state index is 8.88. The van der Waals surface area contributed by atoms with Crippen molar-refractivity contribution in [3.8, 4) is 6.07 Å². The average Bonchev–Trinajstić information content (AvgIpc) is 3.20. The Kier molecular flexibility index (Phi) is 4.73. The molecule has 19 heavy (non-hydrogen) atoms. The molecule has 3 heteroatoms. The highest BCUT2D eigenvalue weighted by atomic mass is 15.1. The second kappa shape index (κ2) is 6.51. The predicted molar refractivity (Wildman–Crippen MR) is 77.7 cm³/mol. The zero-order valence-corrected chi connectivity index (χ0v) is 11.5. The highest BCUT2D eigenvalue weighted by Gasteiger charge is 2.20. The van der Waals surface area contributed by atoms with Gasteiger partial charge < -0.3 is 5.32 Å². The molecule has 0 bridgehead atoms. The third-order valence-electron chi connectivity index (χ3n) is 3.22. The molecule has 0 aliphatic heterocycles. The van der Waals surface area contributed by atoms with Gasteiger partial charge in [-0.05, 0) is 43.2 Å². The topological polar surface area (TPSA) is 39.1 Å². The zero-order valence-electron chi connectivity index (χ0n) is 11.5. The lowest BCUT2D eigenvalue weighted by Gasteiger charge is -2.18. The van der Waals surface area contributed by atoms with Crippen molar-refractivity contribution in [1.29, 1.82) is 5.26 Å². The lowest BCUT2D eigenvalue weighted by molar-refractivity contribution is 0.352. The SMILES string of the molecule is C=C(CNC1CC1)CN(C)Cc1cccc(C#N)c1. The van der Waals surface area contributed by atoms with Gasteiger partial charge in [-0.3, -0.25) is 4.90 Å². The van der Waals surface area contributed by atoms with E-state index in [9.17, 15) is 0 Å². The van der Waals surface area contributed by atoms with Gasteiger partial charge in [0.1, 0.15) is 0 Å². The van der Waals surface area contributed by atoms with Crippen LogP contribution in [0.3, 0.4) is 0 Å². The number of hydrogen-bond donors (Lipinski definition) is 1. The van der Waals surface area contributed by atoms with Gasteiger partial charge in [-0.1, -0.05) is 18.7 Å². The van der Waals surface area contributed by atoms with E-state index in [1.54, 1.807) is 0 Å². The molecule has 1 fully saturated rings. The summed E-state index contributed by atoms with van der Waals surface area (Å²) >= 11 is 0. The third-order valence-corrected chi connectivity index (χ3v) is 3.22. The molecule has 1 saturated carbocycles. The Labute approximate surface area is 115 Å². The maximum Gasteiger partial charge on any atom is 0.0991 e. The van der Waals surface area contributed by atoms with Crippen molar-refractivity contribution in [2.24, 2.45) is 0 Å². The van der Waals surface area contributed by atoms with Crippen molar-refractivity contribution >= 4 is 0 Å². The largest absolute Gasteiger partial charge is 0.310 e. The van der Waals surface area contributed by atoms with Gasteiger partial charge in [-0.25, -0.2) is 0 Å². The standard InChI is InChI=1S/C16H21N3/c1-13(10-18-16-6-7-16)11-19(2)12-15-5-3-4-14(8-15)9-17/h3-5,8,16,18H,1,6-7,10-12H2,2H3. The summed E-state index contributed by atoms with van der Waals surface area (Å²) in [6.45, 7) is 6.75. The Hall–Kier alpha value is -1.63. The molecule has 2 rings (SSSR count). The summed E-state index contributed by atoms with van der Waals surface area (Å²) in [6.07, 6.45) is 2.62. The Morgan fingerprint density at radius 2 is 2.32 bits per heavy atom. The molecule has 0 spiro atoms. The molecule has 1 aliphatic carbocycles. The van der Waals surface area contributed by atoms with Crippen LogP contribution in [0.15, 0.2) is 36.4 Å². The number of nitriles is 1. The molecule has 0 unspecified atom stereocenters. The van der Waals surface area contributed by atoms with Crippen LogP contribution in [-0.2, 0) is 6.54 Å². The van der Waals surface area contributed by atoms with Crippen molar-refractivity contribution < 1.29 is 0 Å². The molecule has 1 aliphatic rings. The normalized spacial score (nSPS) is 14.4. The lowest BCUT2D eigenvalue weighted by atomic mass is 10.1. The minimum atomic E-state index is 0.722. The molecule has 0 amide bonds. The molecule has 0 radical (unpaired) electrons. The lowest BCUT2D eigenvalue weighted by Crippen LogP contribution is -2.26. The quantitative estimate of drug-likeness (QED) is 0.760. The molecule has 1 aromatic rings. The van der Waals surface area contributed by atoms with Crippen LogP contribution in [0.1, 0.15) is 24.0 Å². The van der Waals surface area contributed by atoms with Crippen LogP contribution in [0.2, 0.25) is 0 Å². The molecular weight excluding hydrogens is 234 g/mol. The van der Waals surface area contributed by atoms with Crippen molar-refractivity contribution in [3.05, 3.63) is 47.5 Å². The fraction of sp³-hybridized carbons (Fsp3) is 0.438. The second-order valence-electron chi connectivity index (χ2n) is 5.39. The summed E-state index contributed by atoms with van der Waals surface area (Å²) in [6, 6.07) is 10.7. The van der Waals surface area contributed by atoms with E-state index in [-0.39, 0.29) is 0 Å². The fourth-order valence-corrected chi connectivity index (χ4v) is 2.12. The molecule has 100 valence electrons. The maximum absolute atomic E-state index is 8.88. The first-order valence-electron chi connectivity index (χ1n) is 6.75. The van der Waals surface area contributed by atoms with E-state index >= 15 is 0 Å². The average molecular weight is 255 g/mol. The molecule has 0 saturated heterocycles. The van der Waals surface area contributed by atoms with Crippen LogP contribution in [-0.4, -0.2) is 31.1 Å². The summed E-state index contributed by atoms with van der Waals surface area (Å²) in [4.78, 5) is 2.23. The van der Waals surface area contributed by atoms with E-state index in [1.165, 1.54) is 24.0 Å². The minimum Gasteiger partial charge on any atom is -0.310 e. The van der Waals surface area contributed by atoms with Crippen LogP contribution in [0, 0.1) is 11.3 Å². The smallest absolute Gasteiger partial charge is 0.0991 e. The van der Waals surface area contributed by atoms with E-state index in [4.69, 9.17) is 5.26 Å². The van der Waals surface area contributed by atoms with E-state index in [0.717, 1.165) is 31.2 Å². The summed E-state index contributed by atoms with van der Waals surface area (Å²) < 4.78 is 0.